The quantitative estimate of drug-likeness (QED) is 0.593. The van der Waals surface area contributed by atoms with Crippen LogP contribution in [0.25, 0.3) is 11.6 Å². The van der Waals surface area contributed by atoms with E-state index in [9.17, 15) is 0 Å². The maximum absolute atomic E-state index is 5.76. The van der Waals surface area contributed by atoms with Gasteiger partial charge in [0.15, 0.2) is 5.65 Å². The Balaban J connectivity index is 2.32. The van der Waals surface area contributed by atoms with Crippen LogP contribution in [0.15, 0.2) is 18.6 Å². The molecular weight excluding hydrogens is 208 g/mol. The average molecular weight is 216 g/mol. The van der Waals surface area contributed by atoms with Crippen LogP contribution in [0.1, 0.15) is 5.82 Å². The number of hydrogen-bond acceptors (Lipinski definition) is 6. The lowest BCUT2D eigenvalue weighted by Gasteiger charge is -2.00. The molecular formula is C8H8N8. The lowest BCUT2D eigenvalue weighted by Crippen LogP contribution is -2.06. The zero-order valence-electron chi connectivity index (χ0n) is 8.44. The lowest BCUT2D eigenvalue weighted by atomic mass is 10.6. The first kappa shape index (κ1) is 8.77. The van der Waals surface area contributed by atoms with E-state index in [4.69, 9.17) is 5.73 Å². The Kier molecular flexibility index (Phi) is 1.64. The number of nitrogens with two attached hydrogens (primary N) is 1. The molecule has 2 N–H and O–H groups in total. The predicted molar refractivity (Wildman–Crippen MR) is 54.8 cm³/mol. The minimum absolute atomic E-state index is 0.311. The molecule has 80 valence electrons. The number of aryl methyl sites for hydroxylation is 1. The van der Waals surface area contributed by atoms with Crippen LogP contribution in [-0.2, 0) is 0 Å². The molecule has 0 amide bonds. The summed E-state index contributed by atoms with van der Waals surface area (Å²) >= 11 is 0. The molecule has 3 aromatic heterocycles. The van der Waals surface area contributed by atoms with E-state index in [1.165, 1.54) is 4.68 Å². The van der Waals surface area contributed by atoms with E-state index < -0.39 is 0 Å². The highest BCUT2D eigenvalue weighted by Gasteiger charge is 2.11. The highest BCUT2D eigenvalue weighted by atomic mass is 15.5. The molecule has 0 aliphatic rings. The first-order chi connectivity index (χ1) is 7.75. The SMILES string of the molecule is Cc1ncn(-c2nnc3ccnc(N)n23)n1. The van der Waals surface area contributed by atoms with Gasteiger partial charge in [-0.05, 0) is 6.92 Å². The van der Waals surface area contributed by atoms with Gasteiger partial charge in [0.2, 0.25) is 5.95 Å². The summed E-state index contributed by atoms with van der Waals surface area (Å²) in [6.45, 7) is 1.79. The average Bonchev–Trinajstić information content (AvgIpc) is 2.84. The minimum atomic E-state index is 0.311. The molecule has 3 aromatic rings. The van der Waals surface area contributed by atoms with Gasteiger partial charge in [-0.2, -0.15) is 4.68 Å². The first-order valence-electron chi connectivity index (χ1n) is 4.60. The third-order valence-electron chi connectivity index (χ3n) is 2.14. The molecule has 0 saturated carbocycles. The second kappa shape index (κ2) is 2.99. The fourth-order valence-corrected chi connectivity index (χ4v) is 1.44. The van der Waals surface area contributed by atoms with Gasteiger partial charge in [-0.3, -0.25) is 0 Å². The Hall–Kier alpha value is -2.51. The molecule has 0 unspecified atom stereocenters. The molecule has 0 radical (unpaired) electrons. The van der Waals surface area contributed by atoms with Crippen LogP contribution in [0, 0.1) is 6.92 Å². The summed E-state index contributed by atoms with van der Waals surface area (Å²) < 4.78 is 3.11. The maximum atomic E-state index is 5.76. The molecule has 0 spiro atoms. The third-order valence-corrected chi connectivity index (χ3v) is 2.14. The van der Waals surface area contributed by atoms with Crippen LogP contribution in [0.4, 0.5) is 5.95 Å². The summed E-state index contributed by atoms with van der Waals surface area (Å²) in [5.41, 5.74) is 6.38. The van der Waals surface area contributed by atoms with Crippen molar-refractivity contribution in [3.05, 3.63) is 24.4 Å². The van der Waals surface area contributed by atoms with Crippen LogP contribution in [0.2, 0.25) is 0 Å². The van der Waals surface area contributed by atoms with Crippen molar-refractivity contribution >= 4 is 11.6 Å². The molecule has 8 heteroatoms. The molecule has 8 nitrogen and oxygen atoms in total. The Bertz CT molecular complexity index is 651. The fourth-order valence-electron chi connectivity index (χ4n) is 1.44. The Morgan fingerprint density at radius 1 is 1.25 bits per heavy atom. The van der Waals surface area contributed by atoms with Crippen LogP contribution >= 0.6 is 0 Å². The largest absolute Gasteiger partial charge is 0.369 e. The van der Waals surface area contributed by atoms with Gasteiger partial charge in [-0.25, -0.2) is 14.4 Å². The van der Waals surface area contributed by atoms with Crippen molar-refractivity contribution in [1.82, 2.24) is 34.3 Å². The lowest BCUT2D eigenvalue weighted by molar-refractivity contribution is 0.784. The van der Waals surface area contributed by atoms with Crippen LogP contribution in [-0.4, -0.2) is 34.3 Å². The van der Waals surface area contributed by atoms with Gasteiger partial charge in [-0.1, -0.05) is 0 Å². The molecule has 0 aliphatic carbocycles. The fraction of sp³-hybridized carbons (Fsp3) is 0.125. The van der Waals surface area contributed by atoms with E-state index in [1.54, 1.807) is 29.9 Å². The summed E-state index contributed by atoms with van der Waals surface area (Å²) in [4.78, 5) is 7.99. The standard InChI is InChI=1S/C8H8N8/c1-5-11-4-15(14-5)8-13-12-6-2-3-10-7(9)16(6)8/h2-4H,1H3,(H2,9,10). The number of nitrogen functional groups attached to an aromatic ring is 1. The van der Waals surface area contributed by atoms with E-state index in [0.29, 0.717) is 23.4 Å². The van der Waals surface area contributed by atoms with E-state index in [-0.39, 0.29) is 0 Å². The van der Waals surface area contributed by atoms with Gasteiger partial charge in [0, 0.05) is 12.3 Å². The Morgan fingerprint density at radius 3 is 2.88 bits per heavy atom. The van der Waals surface area contributed by atoms with Gasteiger partial charge in [0.25, 0.3) is 5.95 Å². The van der Waals surface area contributed by atoms with Crippen LogP contribution < -0.4 is 5.73 Å². The molecule has 3 heterocycles. The van der Waals surface area contributed by atoms with Gasteiger partial charge < -0.3 is 5.73 Å². The molecule has 0 atom stereocenters. The van der Waals surface area contributed by atoms with E-state index >= 15 is 0 Å². The summed E-state index contributed by atoms with van der Waals surface area (Å²) in [6, 6.07) is 1.72. The van der Waals surface area contributed by atoms with E-state index in [0.717, 1.165) is 0 Å². The van der Waals surface area contributed by atoms with Gasteiger partial charge >= 0.3 is 0 Å². The van der Waals surface area contributed by atoms with Gasteiger partial charge in [-0.15, -0.1) is 15.3 Å². The maximum Gasteiger partial charge on any atom is 0.260 e. The monoisotopic (exact) mass is 216 g/mol. The van der Waals surface area contributed by atoms with Crippen molar-refractivity contribution in [2.24, 2.45) is 0 Å². The molecule has 0 aliphatic heterocycles. The third kappa shape index (κ3) is 1.13. The van der Waals surface area contributed by atoms with Gasteiger partial charge in [0.1, 0.15) is 12.2 Å². The summed E-state index contributed by atoms with van der Waals surface area (Å²) in [6.07, 6.45) is 3.13. The zero-order chi connectivity index (χ0) is 11.1. The first-order valence-corrected chi connectivity index (χ1v) is 4.60. The van der Waals surface area contributed by atoms with Crippen LogP contribution in [0.3, 0.4) is 0 Å². The van der Waals surface area contributed by atoms with Crippen molar-refractivity contribution in [1.29, 1.82) is 0 Å². The van der Waals surface area contributed by atoms with Crippen molar-refractivity contribution in [2.45, 2.75) is 6.92 Å². The molecule has 0 bridgehead atoms. The zero-order valence-corrected chi connectivity index (χ0v) is 8.44. The number of fused-ring (bicyclic) bond motifs is 1. The predicted octanol–water partition coefficient (Wildman–Crippen LogP) is -0.404. The molecule has 0 aromatic carbocycles. The summed E-state index contributed by atoms with van der Waals surface area (Å²) in [7, 11) is 0. The number of anilines is 1. The van der Waals surface area contributed by atoms with Crippen molar-refractivity contribution in [2.75, 3.05) is 5.73 Å². The number of hydrogen-bond donors (Lipinski definition) is 1. The number of rotatable bonds is 1. The second-order valence-electron chi connectivity index (χ2n) is 3.23. The second-order valence-corrected chi connectivity index (χ2v) is 3.23. The molecule has 0 fully saturated rings. The van der Waals surface area contributed by atoms with Gasteiger partial charge in [0.05, 0.1) is 0 Å². The van der Waals surface area contributed by atoms with Crippen molar-refractivity contribution < 1.29 is 0 Å². The Labute approximate surface area is 89.8 Å². The van der Waals surface area contributed by atoms with E-state index in [1.807, 2.05) is 0 Å². The smallest absolute Gasteiger partial charge is 0.260 e. The minimum Gasteiger partial charge on any atom is -0.369 e. The molecule has 0 saturated heterocycles. The molecule has 3 rings (SSSR count). The normalized spacial score (nSPS) is 11.1. The summed E-state index contributed by atoms with van der Waals surface area (Å²) in [5, 5.41) is 12.1. The van der Waals surface area contributed by atoms with Crippen molar-refractivity contribution in [3.8, 4) is 5.95 Å². The topological polar surface area (TPSA) is 99.8 Å². The van der Waals surface area contributed by atoms with E-state index in [2.05, 4.69) is 25.3 Å². The van der Waals surface area contributed by atoms with Crippen molar-refractivity contribution in [3.63, 3.8) is 0 Å². The summed E-state index contributed by atoms with van der Waals surface area (Å²) in [5.74, 6) is 1.44. The number of nitrogens with zero attached hydrogens (tertiary/aromatic N) is 7. The highest BCUT2D eigenvalue weighted by molar-refractivity contribution is 5.45. The van der Waals surface area contributed by atoms with Crippen LogP contribution in [0.5, 0.6) is 0 Å². The highest BCUT2D eigenvalue weighted by Crippen LogP contribution is 2.10. The molecule has 16 heavy (non-hydrogen) atoms. The number of aromatic nitrogens is 7. The Morgan fingerprint density at radius 2 is 2.12 bits per heavy atom.